The van der Waals surface area contributed by atoms with Crippen molar-refractivity contribution in [2.24, 2.45) is 0 Å². The number of carbonyl (C=O) groups is 3. The van der Waals surface area contributed by atoms with Gasteiger partial charge < -0.3 is 20.9 Å². The summed E-state index contributed by atoms with van der Waals surface area (Å²) in [5.74, 6) is -0.786. The van der Waals surface area contributed by atoms with E-state index in [1.54, 1.807) is 66.8 Å². The van der Waals surface area contributed by atoms with Gasteiger partial charge in [-0.3, -0.25) is 24.2 Å². The molecule has 2 aliphatic heterocycles. The van der Waals surface area contributed by atoms with Crippen LogP contribution in [0.3, 0.4) is 0 Å². The molecule has 3 N–H and O–H groups in total. The maximum atomic E-state index is 13.2. The minimum Gasteiger partial charge on any atom is -0.398 e. The molecule has 2 heterocycles. The van der Waals surface area contributed by atoms with Crippen molar-refractivity contribution in [3.05, 3.63) is 141 Å². The number of nitrogens with zero attached hydrogens (tertiary/aromatic N) is 4. The Morgan fingerprint density at radius 3 is 1.51 bits per heavy atom. The normalized spacial score (nSPS) is 20.1. The van der Waals surface area contributed by atoms with Crippen LogP contribution >= 0.6 is 23.2 Å². The average Bonchev–Trinajstić information content (AvgIpc) is 3.18. The predicted octanol–water partition coefficient (Wildman–Crippen LogP) is 8.77. The minimum absolute atomic E-state index is 0.0323. The van der Waals surface area contributed by atoms with Gasteiger partial charge in [-0.25, -0.2) is 8.78 Å². The Kier molecular flexibility index (Phi) is 15.8. The number of piperazine rings is 2. The summed E-state index contributed by atoms with van der Waals surface area (Å²) in [5, 5.41) is 3.81. The number of nitrogen functional groups attached to an aromatic ring is 1. The summed E-state index contributed by atoms with van der Waals surface area (Å²) in [6.45, 7) is 13.9. The van der Waals surface area contributed by atoms with Gasteiger partial charge in [0.05, 0.1) is 0 Å². The van der Waals surface area contributed by atoms with E-state index in [4.69, 9.17) is 28.9 Å². The highest BCUT2D eigenvalue weighted by atomic mass is 35.5. The van der Waals surface area contributed by atoms with E-state index in [-0.39, 0.29) is 53.5 Å². The predicted molar refractivity (Wildman–Crippen MR) is 235 cm³/mol. The van der Waals surface area contributed by atoms with Crippen LogP contribution in [0.4, 0.5) is 20.2 Å². The van der Waals surface area contributed by atoms with E-state index in [0.717, 1.165) is 36.3 Å². The Hall–Kier alpha value is -5.07. The quantitative estimate of drug-likeness (QED) is 0.129. The summed E-state index contributed by atoms with van der Waals surface area (Å²) in [6, 6.07) is 24.0. The fraction of sp³-hybridized carbons (Fsp3) is 0.326. The highest BCUT2D eigenvalue weighted by molar-refractivity contribution is 6.31. The maximum Gasteiger partial charge on any atom is 0.246 e. The van der Waals surface area contributed by atoms with E-state index in [1.807, 2.05) is 35.8 Å². The summed E-state index contributed by atoms with van der Waals surface area (Å²) in [4.78, 5) is 45.4. The second-order valence-corrected chi connectivity index (χ2v) is 16.2. The molecule has 3 amide bonds. The molecule has 0 unspecified atom stereocenters. The van der Waals surface area contributed by atoms with Crippen LogP contribution in [0.1, 0.15) is 56.9 Å². The number of benzene rings is 4. The maximum absolute atomic E-state index is 13.2. The molecule has 0 aliphatic carbocycles. The molecule has 9 nitrogen and oxygen atoms in total. The van der Waals surface area contributed by atoms with Crippen molar-refractivity contribution in [3.63, 3.8) is 0 Å². The first-order valence-corrected chi connectivity index (χ1v) is 20.4. The number of hydrogen-bond donors (Lipinski definition) is 2. The fourth-order valence-corrected chi connectivity index (χ4v) is 7.64. The van der Waals surface area contributed by atoms with Crippen molar-refractivity contribution in [2.75, 3.05) is 37.2 Å². The van der Waals surface area contributed by atoms with E-state index in [2.05, 4.69) is 29.0 Å². The third kappa shape index (κ3) is 13.0. The van der Waals surface area contributed by atoms with Crippen molar-refractivity contribution in [1.82, 2.24) is 19.6 Å². The Morgan fingerprint density at radius 2 is 1.07 bits per heavy atom. The van der Waals surface area contributed by atoms with Gasteiger partial charge in [-0.05, 0) is 111 Å². The third-order valence-electron chi connectivity index (χ3n) is 10.6. The molecule has 2 saturated heterocycles. The van der Waals surface area contributed by atoms with Crippen LogP contribution in [0.5, 0.6) is 0 Å². The number of rotatable bonds is 9. The zero-order valence-corrected chi connectivity index (χ0v) is 35.6. The van der Waals surface area contributed by atoms with Gasteiger partial charge in [-0.2, -0.15) is 0 Å². The van der Waals surface area contributed by atoms with E-state index in [1.165, 1.54) is 37.3 Å². The van der Waals surface area contributed by atoms with Gasteiger partial charge in [0.1, 0.15) is 11.6 Å². The van der Waals surface area contributed by atoms with Crippen LogP contribution in [0.25, 0.3) is 12.2 Å². The zero-order valence-electron chi connectivity index (χ0n) is 34.0. The van der Waals surface area contributed by atoms with Crippen molar-refractivity contribution >= 4 is 64.5 Å². The first-order valence-electron chi connectivity index (χ1n) is 19.6. The van der Waals surface area contributed by atoms with E-state index in [0.29, 0.717) is 46.6 Å². The first kappa shape index (κ1) is 45.0. The topological polar surface area (TPSA) is 102 Å². The fourth-order valence-electron chi connectivity index (χ4n) is 7.28. The number of carbonyl (C=O) groups excluding carboxylic acids is 3. The molecule has 0 aromatic heterocycles. The van der Waals surface area contributed by atoms with Gasteiger partial charge in [0.2, 0.25) is 17.7 Å². The lowest BCUT2D eigenvalue weighted by atomic mass is 10.1. The first-order chi connectivity index (χ1) is 28.1. The number of halogens is 4. The summed E-state index contributed by atoms with van der Waals surface area (Å²) in [5.41, 5.74) is 10.7. The summed E-state index contributed by atoms with van der Waals surface area (Å²) >= 11 is 11.9. The second kappa shape index (κ2) is 20.8. The molecule has 6 rings (SSSR count). The Balaban J connectivity index is 0.000000225. The lowest BCUT2D eigenvalue weighted by molar-refractivity contribution is -0.132. The molecular weight excluding hydrogens is 793 g/mol. The standard InChI is InChI=1S/C24H27ClFN3O2.C22H25ClFN3O/c1-16-14-29(17(2)13-28(16)15-19-4-9-22(26)10-5-19)24(31)11-7-20-6-8-21(25)12-23(20)27-18(3)30;1-15-13-27(22(28)10-6-18-5-7-19(23)11-21(18)25)16(2)12-26(15)14-17-3-8-20(24)9-4-17/h4-12,16-17H,13-15H2,1-3H3,(H,27,30);3-11,15-16H,12-14,25H2,1-2H3/b11-7+;10-6+/t16-,17+;15-,16+/m00/s1. The van der Waals surface area contributed by atoms with Gasteiger partial charge in [0.25, 0.3) is 0 Å². The molecule has 4 aromatic rings. The zero-order chi connectivity index (χ0) is 42.8. The molecule has 0 saturated carbocycles. The number of nitrogens with two attached hydrogens (primary N) is 1. The highest BCUT2D eigenvalue weighted by Gasteiger charge is 2.32. The smallest absolute Gasteiger partial charge is 0.246 e. The van der Waals surface area contributed by atoms with Crippen molar-refractivity contribution in [1.29, 1.82) is 0 Å². The molecule has 59 heavy (non-hydrogen) atoms. The minimum atomic E-state index is -0.241. The largest absolute Gasteiger partial charge is 0.398 e. The van der Waals surface area contributed by atoms with E-state index < -0.39 is 0 Å². The highest BCUT2D eigenvalue weighted by Crippen LogP contribution is 2.25. The lowest BCUT2D eigenvalue weighted by Gasteiger charge is -2.44. The second-order valence-electron chi connectivity index (χ2n) is 15.3. The van der Waals surface area contributed by atoms with Crippen molar-refractivity contribution in [3.8, 4) is 0 Å². The Labute approximate surface area is 356 Å². The SMILES string of the molecule is CC(=O)Nc1cc(Cl)ccc1/C=C/C(=O)N1C[C@H](C)N(Cc2ccc(F)cc2)C[C@H]1C.C[C@@H]1CN(Cc2ccc(F)cc2)[C@@H](C)CN1C(=O)/C=C/c1ccc(Cl)cc1N. The number of anilines is 2. The number of nitrogens with one attached hydrogen (secondary N) is 1. The summed E-state index contributed by atoms with van der Waals surface area (Å²) in [6.07, 6.45) is 6.54. The van der Waals surface area contributed by atoms with Crippen molar-refractivity contribution < 1.29 is 23.2 Å². The molecule has 0 bridgehead atoms. The molecule has 2 fully saturated rings. The number of amides is 3. The molecule has 2 aliphatic rings. The molecule has 0 spiro atoms. The van der Waals surface area contributed by atoms with Gasteiger partial charge >= 0.3 is 0 Å². The van der Waals surface area contributed by atoms with Gasteiger partial charge in [0, 0.05) is 104 Å². The third-order valence-corrected chi connectivity index (χ3v) is 11.1. The van der Waals surface area contributed by atoms with Crippen molar-refractivity contribution in [2.45, 2.75) is 71.9 Å². The molecule has 4 aromatic carbocycles. The summed E-state index contributed by atoms with van der Waals surface area (Å²) < 4.78 is 26.3. The van der Waals surface area contributed by atoms with Gasteiger partial charge in [-0.1, -0.05) is 59.6 Å². The van der Waals surface area contributed by atoms with Crippen LogP contribution in [0.15, 0.2) is 97.1 Å². The molecule has 0 radical (unpaired) electrons. The molecule has 4 atom stereocenters. The average molecular weight is 846 g/mol. The van der Waals surface area contributed by atoms with Crippen LogP contribution in [0.2, 0.25) is 10.0 Å². The van der Waals surface area contributed by atoms with Crippen LogP contribution < -0.4 is 11.1 Å². The lowest BCUT2D eigenvalue weighted by Crippen LogP contribution is -2.57. The monoisotopic (exact) mass is 844 g/mol. The molecule has 312 valence electrons. The summed E-state index contributed by atoms with van der Waals surface area (Å²) in [7, 11) is 0. The van der Waals surface area contributed by atoms with Crippen LogP contribution in [-0.4, -0.2) is 87.7 Å². The van der Waals surface area contributed by atoms with Gasteiger partial charge in [-0.15, -0.1) is 0 Å². The molecular formula is C46H52Cl2F2N6O3. The van der Waals surface area contributed by atoms with Crippen LogP contribution in [0, 0.1) is 11.6 Å². The van der Waals surface area contributed by atoms with Crippen LogP contribution in [-0.2, 0) is 27.5 Å². The van der Waals surface area contributed by atoms with Gasteiger partial charge in [0.15, 0.2) is 0 Å². The number of hydrogen-bond acceptors (Lipinski definition) is 6. The van der Waals surface area contributed by atoms with E-state index in [9.17, 15) is 23.2 Å². The molecule has 13 heteroatoms. The Morgan fingerprint density at radius 1 is 0.644 bits per heavy atom. The Bertz CT molecular complexity index is 2150. The van der Waals surface area contributed by atoms with E-state index >= 15 is 0 Å².